The van der Waals surface area contributed by atoms with Gasteiger partial charge in [-0.25, -0.2) is 4.68 Å². The van der Waals surface area contributed by atoms with E-state index in [9.17, 15) is 18.0 Å². The van der Waals surface area contributed by atoms with Gasteiger partial charge >= 0.3 is 6.18 Å². The number of para-hydroxylation sites is 1. The lowest BCUT2D eigenvalue weighted by atomic mass is 10.3. The molecule has 6 nitrogen and oxygen atoms in total. The van der Waals surface area contributed by atoms with Gasteiger partial charge in [0.05, 0.1) is 22.9 Å². The number of alkyl halides is 3. The molecule has 0 aliphatic carbocycles. The molecule has 136 valence electrons. The van der Waals surface area contributed by atoms with Gasteiger partial charge in [0.15, 0.2) is 5.69 Å². The van der Waals surface area contributed by atoms with Gasteiger partial charge in [0.2, 0.25) is 0 Å². The number of hydrogen-bond donors (Lipinski definition) is 1. The fourth-order valence-electron chi connectivity index (χ4n) is 2.31. The second-order valence-electron chi connectivity index (χ2n) is 5.44. The van der Waals surface area contributed by atoms with E-state index in [0.717, 1.165) is 4.68 Å². The van der Waals surface area contributed by atoms with E-state index in [4.69, 9.17) is 11.6 Å². The number of carbonyl (C=O) groups excluding carboxylic acids is 1. The quantitative estimate of drug-likeness (QED) is 0.752. The van der Waals surface area contributed by atoms with Gasteiger partial charge in [-0.2, -0.15) is 23.4 Å². The van der Waals surface area contributed by atoms with Crippen molar-refractivity contribution in [1.82, 2.24) is 24.9 Å². The standard InChI is InChI=1S/C16H13ClF3N5O/c1-24-7-6-10(22-24)9-21-15(26)13-8-14(16(18,19)20)23-25(13)12-5-3-2-4-11(12)17/h2-8H,9H2,1H3,(H,21,26). The molecule has 0 radical (unpaired) electrons. The Kier molecular flexibility index (Phi) is 4.73. The average molecular weight is 384 g/mol. The zero-order chi connectivity index (χ0) is 18.9. The first-order chi connectivity index (χ1) is 12.3. The van der Waals surface area contributed by atoms with Crippen LogP contribution < -0.4 is 5.32 Å². The van der Waals surface area contributed by atoms with Crippen LogP contribution in [0.15, 0.2) is 42.6 Å². The topological polar surface area (TPSA) is 64.7 Å². The van der Waals surface area contributed by atoms with Crippen molar-refractivity contribution in [2.45, 2.75) is 12.7 Å². The maximum atomic E-state index is 13.1. The molecule has 0 bridgehead atoms. The predicted octanol–water partition coefficient (Wildman–Crippen LogP) is 3.21. The van der Waals surface area contributed by atoms with Crippen LogP contribution in [0.5, 0.6) is 0 Å². The van der Waals surface area contributed by atoms with Crippen LogP contribution in [-0.4, -0.2) is 25.5 Å². The number of benzene rings is 1. The molecular formula is C16H13ClF3N5O. The lowest BCUT2D eigenvalue weighted by Gasteiger charge is -2.09. The number of amides is 1. The van der Waals surface area contributed by atoms with E-state index in [-0.39, 0.29) is 22.9 Å². The monoisotopic (exact) mass is 383 g/mol. The Morgan fingerprint density at radius 1 is 1.23 bits per heavy atom. The third kappa shape index (κ3) is 3.72. The molecule has 1 amide bonds. The number of nitrogens with zero attached hydrogens (tertiary/aromatic N) is 4. The summed E-state index contributed by atoms with van der Waals surface area (Å²) < 4.78 is 41.6. The molecule has 26 heavy (non-hydrogen) atoms. The summed E-state index contributed by atoms with van der Waals surface area (Å²) in [5.74, 6) is -0.724. The van der Waals surface area contributed by atoms with Crippen LogP contribution in [0.2, 0.25) is 5.02 Å². The van der Waals surface area contributed by atoms with E-state index in [2.05, 4.69) is 15.5 Å². The summed E-state index contributed by atoms with van der Waals surface area (Å²) in [5, 5.41) is 10.3. The Hall–Kier alpha value is -2.81. The molecule has 2 heterocycles. The number of aromatic nitrogens is 4. The third-order valence-electron chi connectivity index (χ3n) is 3.51. The molecule has 3 rings (SSSR count). The molecule has 0 saturated heterocycles. The summed E-state index contributed by atoms with van der Waals surface area (Å²) in [6, 6.07) is 8.57. The van der Waals surface area contributed by atoms with Crippen molar-refractivity contribution in [1.29, 1.82) is 0 Å². The van der Waals surface area contributed by atoms with Crippen molar-refractivity contribution in [3.05, 3.63) is 64.7 Å². The molecule has 0 aliphatic rings. The number of hydrogen-bond acceptors (Lipinski definition) is 3. The van der Waals surface area contributed by atoms with Crippen LogP contribution in [0.25, 0.3) is 5.69 Å². The Morgan fingerprint density at radius 3 is 2.58 bits per heavy atom. The largest absolute Gasteiger partial charge is 0.435 e. The van der Waals surface area contributed by atoms with Gasteiger partial charge in [0.25, 0.3) is 5.91 Å². The molecule has 0 spiro atoms. The summed E-state index contributed by atoms with van der Waals surface area (Å²) >= 11 is 6.05. The van der Waals surface area contributed by atoms with Crippen molar-refractivity contribution in [3.8, 4) is 5.69 Å². The molecule has 0 atom stereocenters. The summed E-state index contributed by atoms with van der Waals surface area (Å²) in [7, 11) is 1.72. The minimum atomic E-state index is -4.69. The molecular weight excluding hydrogens is 371 g/mol. The van der Waals surface area contributed by atoms with E-state index >= 15 is 0 Å². The summed E-state index contributed by atoms with van der Waals surface area (Å²) in [5.41, 5.74) is -0.713. The normalized spacial score (nSPS) is 11.6. The summed E-state index contributed by atoms with van der Waals surface area (Å²) in [6.07, 6.45) is -3.00. The Bertz CT molecular complexity index is 948. The van der Waals surface area contributed by atoms with Crippen LogP contribution in [0.1, 0.15) is 21.9 Å². The first-order valence-corrected chi connectivity index (χ1v) is 7.82. The molecule has 10 heteroatoms. The van der Waals surface area contributed by atoms with E-state index in [1.54, 1.807) is 36.1 Å². The molecule has 0 unspecified atom stereocenters. The Morgan fingerprint density at radius 2 is 1.96 bits per heavy atom. The molecule has 2 aromatic heterocycles. The first kappa shape index (κ1) is 18.0. The molecule has 0 saturated carbocycles. The second-order valence-corrected chi connectivity index (χ2v) is 5.85. The average Bonchev–Trinajstić information content (AvgIpc) is 3.19. The van der Waals surface area contributed by atoms with E-state index in [1.165, 1.54) is 12.1 Å². The van der Waals surface area contributed by atoms with Gasteiger partial charge in [-0.05, 0) is 18.2 Å². The lowest BCUT2D eigenvalue weighted by Crippen LogP contribution is -2.25. The van der Waals surface area contributed by atoms with Crippen molar-refractivity contribution in [3.63, 3.8) is 0 Å². The van der Waals surface area contributed by atoms with Crippen molar-refractivity contribution >= 4 is 17.5 Å². The van der Waals surface area contributed by atoms with Crippen LogP contribution in [-0.2, 0) is 19.8 Å². The van der Waals surface area contributed by atoms with Crippen LogP contribution in [0, 0.1) is 0 Å². The van der Waals surface area contributed by atoms with Gasteiger partial charge in [0.1, 0.15) is 5.69 Å². The minimum absolute atomic E-state index is 0.0642. The fraction of sp³-hybridized carbons (Fsp3) is 0.188. The van der Waals surface area contributed by atoms with Crippen molar-refractivity contribution in [2.75, 3.05) is 0 Å². The van der Waals surface area contributed by atoms with E-state index < -0.39 is 17.8 Å². The van der Waals surface area contributed by atoms with Crippen molar-refractivity contribution < 1.29 is 18.0 Å². The van der Waals surface area contributed by atoms with Crippen LogP contribution in [0.4, 0.5) is 13.2 Å². The highest BCUT2D eigenvalue weighted by Gasteiger charge is 2.36. The van der Waals surface area contributed by atoms with Gasteiger partial charge < -0.3 is 5.32 Å². The maximum absolute atomic E-state index is 13.1. The Labute approximate surface area is 151 Å². The summed E-state index contributed by atoms with van der Waals surface area (Å²) in [4.78, 5) is 12.5. The number of carbonyl (C=O) groups is 1. The zero-order valence-corrected chi connectivity index (χ0v) is 14.2. The summed E-state index contributed by atoms with van der Waals surface area (Å²) in [6.45, 7) is 0.0642. The highest BCUT2D eigenvalue weighted by atomic mass is 35.5. The van der Waals surface area contributed by atoms with Gasteiger partial charge in [-0.15, -0.1) is 0 Å². The highest BCUT2D eigenvalue weighted by molar-refractivity contribution is 6.32. The molecule has 0 aliphatic heterocycles. The molecule has 1 aromatic carbocycles. The van der Waals surface area contributed by atoms with Crippen LogP contribution in [0.3, 0.4) is 0 Å². The maximum Gasteiger partial charge on any atom is 0.435 e. The van der Waals surface area contributed by atoms with Gasteiger partial charge in [-0.3, -0.25) is 9.48 Å². The minimum Gasteiger partial charge on any atom is -0.345 e. The molecule has 3 aromatic rings. The van der Waals surface area contributed by atoms with Crippen molar-refractivity contribution in [2.24, 2.45) is 7.05 Å². The van der Waals surface area contributed by atoms with Gasteiger partial charge in [-0.1, -0.05) is 23.7 Å². The third-order valence-corrected chi connectivity index (χ3v) is 3.83. The zero-order valence-electron chi connectivity index (χ0n) is 13.5. The van der Waals surface area contributed by atoms with Crippen LogP contribution >= 0.6 is 11.6 Å². The SMILES string of the molecule is Cn1ccc(CNC(=O)c2cc(C(F)(F)F)nn2-c2ccccc2Cl)n1. The number of rotatable bonds is 4. The lowest BCUT2D eigenvalue weighted by molar-refractivity contribution is -0.141. The fourth-order valence-corrected chi connectivity index (χ4v) is 2.52. The predicted molar refractivity (Wildman–Crippen MR) is 88.0 cm³/mol. The number of aryl methyl sites for hydroxylation is 1. The smallest absolute Gasteiger partial charge is 0.345 e. The highest BCUT2D eigenvalue weighted by Crippen LogP contribution is 2.30. The molecule has 0 fully saturated rings. The first-order valence-electron chi connectivity index (χ1n) is 7.44. The number of nitrogens with one attached hydrogen (secondary N) is 1. The Balaban J connectivity index is 1.95. The van der Waals surface area contributed by atoms with E-state index in [0.29, 0.717) is 11.8 Å². The number of halogens is 4. The van der Waals surface area contributed by atoms with E-state index in [1.807, 2.05) is 0 Å². The molecule has 1 N–H and O–H groups in total. The van der Waals surface area contributed by atoms with Gasteiger partial charge in [0, 0.05) is 19.3 Å². The second kappa shape index (κ2) is 6.83.